The van der Waals surface area contributed by atoms with Gasteiger partial charge in [-0.1, -0.05) is 11.6 Å². The van der Waals surface area contributed by atoms with Crippen molar-refractivity contribution in [3.63, 3.8) is 0 Å². The number of piperidine rings is 1. The van der Waals surface area contributed by atoms with Gasteiger partial charge in [-0.25, -0.2) is 0 Å². The van der Waals surface area contributed by atoms with Crippen molar-refractivity contribution in [1.29, 1.82) is 0 Å². The minimum absolute atomic E-state index is 0.336. The molecule has 0 atom stereocenters. The minimum atomic E-state index is 0.336. The maximum absolute atomic E-state index is 6.04. The largest absolute Gasteiger partial charge is 0.377 e. The Bertz CT molecular complexity index is 612. The van der Waals surface area contributed by atoms with Gasteiger partial charge in [-0.3, -0.25) is 4.98 Å². The Morgan fingerprint density at radius 3 is 2.81 bits per heavy atom. The van der Waals surface area contributed by atoms with E-state index in [1.807, 2.05) is 18.3 Å². The van der Waals surface area contributed by atoms with Gasteiger partial charge in [-0.05, 0) is 37.1 Å². The first-order valence-corrected chi connectivity index (χ1v) is 8.16. The first kappa shape index (κ1) is 14.9. The summed E-state index contributed by atoms with van der Waals surface area (Å²) in [5, 5.41) is 1.88. The smallest absolute Gasteiger partial charge is 0.0737 e. The molecule has 0 spiro atoms. The van der Waals surface area contributed by atoms with Crippen LogP contribution < -0.4 is 4.90 Å². The number of benzene rings is 1. The lowest BCUT2D eigenvalue weighted by Gasteiger charge is -2.34. The predicted molar refractivity (Wildman–Crippen MR) is 88.7 cm³/mol. The number of ether oxygens (including phenoxy) is 1. The minimum Gasteiger partial charge on any atom is -0.377 e. The van der Waals surface area contributed by atoms with Crippen LogP contribution in [-0.4, -0.2) is 36.7 Å². The summed E-state index contributed by atoms with van der Waals surface area (Å²) < 4.78 is 5.73. The molecule has 0 aliphatic carbocycles. The molecule has 21 heavy (non-hydrogen) atoms. The zero-order valence-corrected chi connectivity index (χ0v) is 13.3. The summed E-state index contributed by atoms with van der Waals surface area (Å²) in [5.41, 5.74) is 2.17. The summed E-state index contributed by atoms with van der Waals surface area (Å²) in [4.78, 5) is 6.80. The summed E-state index contributed by atoms with van der Waals surface area (Å²) in [5.74, 6) is 0.565. The van der Waals surface area contributed by atoms with Gasteiger partial charge < -0.3 is 9.64 Å². The quantitative estimate of drug-likeness (QED) is 0.791. The van der Waals surface area contributed by atoms with Crippen LogP contribution in [0.15, 0.2) is 30.5 Å². The van der Waals surface area contributed by atoms with E-state index in [2.05, 4.69) is 22.0 Å². The van der Waals surface area contributed by atoms with Crippen molar-refractivity contribution in [3.05, 3.63) is 35.5 Å². The number of rotatable bonds is 4. The van der Waals surface area contributed by atoms with Gasteiger partial charge in [0, 0.05) is 41.3 Å². The van der Waals surface area contributed by atoms with E-state index in [0.29, 0.717) is 18.6 Å². The lowest BCUT2D eigenvalue weighted by Crippen LogP contribution is -2.37. The van der Waals surface area contributed by atoms with Crippen LogP contribution in [0.2, 0.25) is 5.02 Å². The molecule has 0 amide bonds. The molecule has 3 rings (SSSR count). The van der Waals surface area contributed by atoms with Crippen LogP contribution >= 0.6 is 23.2 Å². The molecule has 2 heterocycles. The highest BCUT2D eigenvalue weighted by Crippen LogP contribution is 2.29. The van der Waals surface area contributed by atoms with Crippen LogP contribution in [0.3, 0.4) is 0 Å². The molecule has 0 N–H and O–H groups in total. The molecular weight excluding hydrogens is 307 g/mol. The number of nitrogens with zero attached hydrogens (tertiary/aromatic N) is 2. The average molecular weight is 325 g/mol. The number of alkyl halides is 1. The summed E-state index contributed by atoms with van der Waals surface area (Å²) >= 11 is 11.7. The Balaban J connectivity index is 1.76. The first-order valence-electron chi connectivity index (χ1n) is 7.25. The summed E-state index contributed by atoms with van der Waals surface area (Å²) in [6.45, 7) is 2.63. The molecule has 1 fully saturated rings. The van der Waals surface area contributed by atoms with Crippen LogP contribution in [-0.2, 0) is 4.74 Å². The molecule has 2 aromatic rings. The molecule has 0 radical (unpaired) electrons. The fourth-order valence-electron chi connectivity index (χ4n) is 2.86. The summed E-state index contributed by atoms with van der Waals surface area (Å²) in [6, 6.07) is 7.97. The van der Waals surface area contributed by atoms with Crippen LogP contribution in [0.4, 0.5) is 5.69 Å². The van der Waals surface area contributed by atoms with Gasteiger partial charge in [0.15, 0.2) is 0 Å². The number of fused-ring (bicyclic) bond motifs is 1. The molecule has 112 valence electrons. The number of hydrogen-bond acceptors (Lipinski definition) is 3. The highest BCUT2D eigenvalue weighted by atomic mass is 35.5. The van der Waals surface area contributed by atoms with Crippen LogP contribution in [0.25, 0.3) is 10.9 Å². The van der Waals surface area contributed by atoms with Gasteiger partial charge in [0.25, 0.3) is 0 Å². The molecule has 0 unspecified atom stereocenters. The van der Waals surface area contributed by atoms with Gasteiger partial charge in [0.1, 0.15) is 0 Å². The second kappa shape index (κ2) is 6.82. The zero-order chi connectivity index (χ0) is 14.7. The molecule has 1 aromatic carbocycles. The third-order valence-corrected chi connectivity index (χ3v) is 4.28. The van der Waals surface area contributed by atoms with E-state index >= 15 is 0 Å². The maximum atomic E-state index is 6.04. The Kier molecular flexibility index (Phi) is 4.84. The van der Waals surface area contributed by atoms with Gasteiger partial charge in [0.05, 0.1) is 18.2 Å². The van der Waals surface area contributed by atoms with Gasteiger partial charge in [-0.2, -0.15) is 0 Å². The third kappa shape index (κ3) is 3.42. The highest BCUT2D eigenvalue weighted by molar-refractivity contribution is 6.31. The van der Waals surface area contributed by atoms with E-state index < -0.39 is 0 Å². The van der Waals surface area contributed by atoms with Gasteiger partial charge >= 0.3 is 0 Å². The van der Waals surface area contributed by atoms with E-state index in [1.54, 1.807) is 0 Å². The maximum Gasteiger partial charge on any atom is 0.0737 e. The number of anilines is 1. The number of halogens is 2. The lowest BCUT2D eigenvalue weighted by atomic mass is 10.1. The van der Waals surface area contributed by atoms with Crippen molar-refractivity contribution in [1.82, 2.24) is 4.98 Å². The van der Waals surface area contributed by atoms with Gasteiger partial charge in [0.2, 0.25) is 0 Å². The van der Waals surface area contributed by atoms with Crippen molar-refractivity contribution >= 4 is 39.8 Å². The fourth-order valence-corrected chi connectivity index (χ4v) is 3.11. The molecule has 0 bridgehead atoms. The molecule has 1 saturated heterocycles. The van der Waals surface area contributed by atoms with Crippen molar-refractivity contribution in [2.45, 2.75) is 18.9 Å². The Labute approximate surface area is 134 Å². The molecular formula is C16H18Cl2N2O. The first-order chi connectivity index (χ1) is 10.3. The second-order valence-electron chi connectivity index (χ2n) is 5.24. The van der Waals surface area contributed by atoms with Crippen LogP contribution in [0.5, 0.6) is 0 Å². The molecule has 1 aromatic heterocycles. The predicted octanol–water partition coefficient (Wildman–Crippen LogP) is 4.11. The monoisotopic (exact) mass is 324 g/mol. The zero-order valence-electron chi connectivity index (χ0n) is 11.8. The summed E-state index contributed by atoms with van der Waals surface area (Å²) in [6.07, 6.45) is 4.26. The second-order valence-corrected chi connectivity index (χ2v) is 6.05. The van der Waals surface area contributed by atoms with E-state index in [4.69, 9.17) is 27.9 Å². The standard InChI is InChI=1S/C16H18Cl2N2O/c17-6-10-21-13-4-8-20(9-5-13)16-3-7-19-15-11-12(18)1-2-14(15)16/h1-3,7,11,13H,4-6,8-10H2. The molecule has 1 aliphatic heterocycles. The van der Waals surface area contributed by atoms with E-state index in [-0.39, 0.29) is 0 Å². The van der Waals surface area contributed by atoms with E-state index in [9.17, 15) is 0 Å². The van der Waals surface area contributed by atoms with E-state index in [1.165, 1.54) is 5.69 Å². The van der Waals surface area contributed by atoms with Gasteiger partial charge in [-0.15, -0.1) is 11.6 Å². The van der Waals surface area contributed by atoms with E-state index in [0.717, 1.165) is 41.9 Å². The number of pyridine rings is 1. The summed E-state index contributed by atoms with van der Waals surface area (Å²) in [7, 11) is 0. The molecule has 0 saturated carbocycles. The van der Waals surface area contributed by atoms with Crippen molar-refractivity contribution < 1.29 is 4.74 Å². The van der Waals surface area contributed by atoms with Crippen molar-refractivity contribution in [2.24, 2.45) is 0 Å². The Morgan fingerprint density at radius 1 is 1.24 bits per heavy atom. The normalized spacial score (nSPS) is 16.6. The molecule has 5 heteroatoms. The van der Waals surface area contributed by atoms with Crippen LogP contribution in [0, 0.1) is 0 Å². The lowest BCUT2D eigenvalue weighted by molar-refractivity contribution is 0.0472. The highest BCUT2D eigenvalue weighted by Gasteiger charge is 2.21. The van der Waals surface area contributed by atoms with Crippen molar-refractivity contribution in [3.8, 4) is 0 Å². The topological polar surface area (TPSA) is 25.4 Å². The average Bonchev–Trinajstić information content (AvgIpc) is 2.52. The SMILES string of the molecule is ClCCOC1CCN(c2ccnc3cc(Cl)ccc23)CC1. The number of aromatic nitrogens is 1. The molecule has 1 aliphatic rings. The van der Waals surface area contributed by atoms with Crippen LogP contribution in [0.1, 0.15) is 12.8 Å². The third-order valence-electron chi connectivity index (χ3n) is 3.90. The molecule has 3 nitrogen and oxygen atoms in total. The fraction of sp³-hybridized carbons (Fsp3) is 0.438. The van der Waals surface area contributed by atoms with Crippen molar-refractivity contribution in [2.75, 3.05) is 30.5 Å². The Hall–Kier alpha value is -1.03. The Morgan fingerprint density at radius 2 is 2.05 bits per heavy atom. The number of hydrogen-bond donors (Lipinski definition) is 0.